The molecule has 0 radical (unpaired) electrons. The summed E-state index contributed by atoms with van der Waals surface area (Å²) in [5.74, 6) is 0.593. The Balaban J connectivity index is 1.72. The Labute approximate surface area is 167 Å². The topological polar surface area (TPSA) is 30.5 Å². The van der Waals surface area contributed by atoms with Crippen LogP contribution in [0.25, 0.3) is 0 Å². The number of anilines is 1. The van der Waals surface area contributed by atoms with Gasteiger partial charge < -0.3 is 14.8 Å². The maximum Gasteiger partial charge on any atom is 0.180 e. The van der Waals surface area contributed by atoms with E-state index in [-0.39, 0.29) is 5.02 Å². The Kier molecular flexibility index (Phi) is 6.43. The van der Waals surface area contributed by atoms with Gasteiger partial charge in [0.05, 0.1) is 17.2 Å². The van der Waals surface area contributed by atoms with Crippen LogP contribution in [0.4, 0.5) is 10.1 Å². The van der Waals surface area contributed by atoms with Crippen LogP contribution in [0, 0.1) is 5.82 Å². The number of halogens is 3. The average Bonchev–Trinajstić information content (AvgIpc) is 2.68. The zero-order chi connectivity index (χ0) is 19.2. The van der Waals surface area contributed by atoms with Gasteiger partial charge in [0.1, 0.15) is 12.4 Å². The highest BCUT2D eigenvalue weighted by Crippen LogP contribution is 2.37. The molecule has 140 valence electrons. The lowest BCUT2D eigenvalue weighted by atomic mass is 10.2. The molecule has 0 bridgehead atoms. The molecule has 0 aliphatic rings. The number of nitrogens with one attached hydrogen (secondary N) is 1. The maximum absolute atomic E-state index is 13.2. The number of rotatable bonds is 7. The monoisotopic (exact) mass is 405 g/mol. The van der Waals surface area contributed by atoms with Crippen LogP contribution in [-0.2, 0) is 13.2 Å². The Hall–Kier alpha value is -2.43. The van der Waals surface area contributed by atoms with Gasteiger partial charge in [-0.15, -0.1) is 0 Å². The van der Waals surface area contributed by atoms with Crippen LogP contribution in [0.2, 0.25) is 10.0 Å². The number of benzene rings is 3. The quantitative estimate of drug-likeness (QED) is 0.497. The third kappa shape index (κ3) is 5.06. The Morgan fingerprint density at radius 2 is 1.70 bits per heavy atom. The van der Waals surface area contributed by atoms with Crippen molar-refractivity contribution < 1.29 is 13.9 Å². The molecule has 0 fully saturated rings. The van der Waals surface area contributed by atoms with Gasteiger partial charge in [-0.3, -0.25) is 0 Å². The predicted molar refractivity (Wildman–Crippen MR) is 108 cm³/mol. The van der Waals surface area contributed by atoms with E-state index in [1.165, 1.54) is 12.1 Å². The SMILES string of the molecule is COc1cc(CNc2ccc(F)c(Cl)c2)cc(Cl)c1OCc1ccccc1. The molecular weight excluding hydrogens is 388 g/mol. The van der Waals surface area contributed by atoms with Crippen molar-refractivity contribution in [1.29, 1.82) is 0 Å². The average molecular weight is 406 g/mol. The van der Waals surface area contributed by atoms with Crippen LogP contribution in [0.3, 0.4) is 0 Å². The first kappa shape index (κ1) is 19.3. The lowest BCUT2D eigenvalue weighted by molar-refractivity contribution is 0.284. The van der Waals surface area contributed by atoms with E-state index in [9.17, 15) is 4.39 Å². The van der Waals surface area contributed by atoms with E-state index < -0.39 is 5.82 Å². The molecule has 0 aliphatic carbocycles. The maximum atomic E-state index is 13.2. The Morgan fingerprint density at radius 3 is 2.41 bits per heavy atom. The normalized spacial score (nSPS) is 10.5. The highest BCUT2D eigenvalue weighted by atomic mass is 35.5. The van der Waals surface area contributed by atoms with Gasteiger partial charge in [0.15, 0.2) is 11.5 Å². The van der Waals surface area contributed by atoms with Crippen LogP contribution in [0.5, 0.6) is 11.5 Å². The smallest absolute Gasteiger partial charge is 0.180 e. The fraction of sp³-hybridized carbons (Fsp3) is 0.143. The van der Waals surface area contributed by atoms with Gasteiger partial charge in [-0.1, -0.05) is 53.5 Å². The molecular formula is C21H18Cl2FNO2. The summed E-state index contributed by atoms with van der Waals surface area (Å²) in [5, 5.41) is 3.71. The zero-order valence-corrected chi connectivity index (χ0v) is 16.1. The summed E-state index contributed by atoms with van der Waals surface area (Å²) in [6, 6.07) is 17.9. The van der Waals surface area contributed by atoms with Crippen molar-refractivity contribution in [1.82, 2.24) is 0 Å². The molecule has 0 heterocycles. The summed E-state index contributed by atoms with van der Waals surface area (Å²) in [4.78, 5) is 0. The second kappa shape index (κ2) is 8.98. The van der Waals surface area contributed by atoms with Crippen LogP contribution < -0.4 is 14.8 Å². The minimum atomic E-state index is -0.452. The minimum Gasteiger partial charge on any atom is -0.493 e. The molecule has 0 aromatic heterocycles. The van der Waals surface area contributed by atoms with Crippen LogP contribution >= 0.6 is 23.2 Å². The van der Waals surface area contributed by atoms with Crippen LogP contribution in [-0.4, -0.2) is 7.11 Å². The summed E-state index contributed by atoms with van der Waals surface area (Å²) in [5.41, 5.74) is 2.64. The molecule has 6 heteroatoms. The molecule has 3 aromatic rings. The van der Waals surface area contributed by atoms with Gasteiger partial charge in [-0.25, -0.2) is 4.39 Å². The second-order valence-corrected chi connectivity index (χ2v) is 6.68. The van der Waals surface area contributed by atoms with Gasteiger partial charge in [-0.2, -0.15) is 0 Å². The standard InChI is InChI=1S/C21H18Cl2FNO2/c1-26-20-10-15(12-25-16-7-8-19(24)17(22)11-16)9-18(23)21(20)27-13-14-5-3-2-4-6-14/h2-11,25H,12-13H2,1H3. The molecule has 27 heavy (non-hydrogen) atoms. The molecule has 0 unspecified atom stereocenters. The van der Waals surface area contributed by atoms with E-state index in [4.69, 9.17) is 32.7 Å². The molecule has 0 aliphatic heterocycles. The number of methoxy groups -OCH3 is 1. The van der Waals surface area contributed by atoms with E-state index in [0.717, 1.165) is 11.1 Å². The first-order valence-electron chi connectivity index (χ1n) is 8.29. The zero-order valence-electron chi connectivity index (χ0n) is 14.6. The summed E-state index contributed by atoms with van der Waals surface area (Å²) in [6.07, 6.45) is 0. The second-order valence-electron chi connectivity index (χ2n) is 5.87. The molecule has 1 N–H and O–H groups in total. The van der Waals surface area contributed by atoms with E-state index in [1.807, 2.05) is 42.5 Å². The number of ether oxygens (including phenoxy) is 2. The van der Waals surface area contributed by atoms with Crippen molar-refractivity contribution in [2.24, 2.45) is 0 Å². The molecule has 0 saturated heterocycles. The Morgan fingerprint density at radius 1 is 0.926 bits per heavy atom. The highest BCUT2D eigenvalue weighted by Gasteiger charge is 2.12. The summed E-state index contributed by atoms with van der Waals surface area (Å²) < 4.78 is 24.5. The van der Waals surface area contributed by atoms with Gasteiger partial charge >= 0.3 is 0 Å². The predicted octanol–water partition coefficient (Wildman–Crippen LogP) is 6.33. The lowest BCUT2D eigenvalue weighted by Gasteiger charge is -2.15. The summed E-state index contributed by atoms with van der Waals surface area (Å²) in [7, 11) is 1.57. The fourth-order valence-corrected chi connectivity index (χ4v) is 3.02. The molecule has 0 saturated carbocycles. The molecule has 3 aromatic carbocycles. The first-order valence-corrected chi connectivity index (χ1v) is 9.04. The molecule has 0 atom stereocenters. The van der Waals surface area contributed by atoms with Crippen molar-refractivity contribution in [3.05, 3.63) is 87.7 Å². The number of hydrogen-bond donors (Lipinski definition) is 1. The van der Waals surface area contributed by atoms with E-state index in [0.29, 0.717) is 35.4 Å². The van der Waals surface area contributed by atoms with E-state index in [1.54, 1.807) is 13.2 Å². The van der Waals surface area contributed by atoms with Crippen molar-refractivity contribution >= 4 is 28.9 Å². The van der Waals surface area contributed by atoms with Gasteiger partial charge in [0.25, 0.3) is 0 Å². The van der Waals surface area contributed by atoms with E-state index >= 15 is 0 Å². The van der Waals surface area contributed by atoms with Crippen molar-refractivity contribution in [2.75, 3.05) is 12.4 Å². The lowest BCUT2D eigenvalue weighted by Crippen LogP contribution is -2.03. The first-order chi connectivity index (χ1) is 13.1. The molecule has 3 rings (SSSR count). The third-order valence-electron chi connectivity index (χ3n) is 3.93. The minimum absolute atomic E-state index is 0.0697. The third-order valence-corrected chi connectivity index (χ3v) is 4.50. The fourth-order valence-electron chi connectivity index (χ4n) is 2.56. The van der Waals surface area contributed by atoms with E-state index in [2.05, 4.69) is 5.32 Å². The van der Waals surface area contributed by atoms with Gasteiger partial charge in [-0.05, 0) is 41.5 Å². The van der Waals surface area contributed by atoms with Crippen molar-refractivity contribution in [3.8, 4) is 11.5 Å². The molecule has 3 nitrogen and oxygen atoms in total. The van der Waals surface area contributed by atoms with Crippen molar-refractivity contribution in [3.63, 3.8) is 0 Å². The summed E-state index contributed by atoms with van der Waals surface area (Å²) in [6.45, 7) is 0.861. The van der Waals surface area contributed by atoms with Crippen molar-refractivity contribution in [2.45, 2.75) is 13.2 Å². The van der Waals surface area contributed by atoms with Gasteiger partial charge in [0.2, 0.25) is 0 Å². The van der Waals surface area contributed by atoms with Crippen LogP contribution in [0.1, 0.15) is 11.1 Å². The molecule has 0 amide bonds. The van der Waals surface area contributed by atoms with Gasteiger partial charge in [0, 0.05) is 12.2 Å². The summed E-state index contributed by atoms with van der Waals surface area (Å²) >= 11 is 12.2. The Bertz CT molecular complexity index is 920. The largest absolute Gasteiger partial charge is 0.493 e. The van der Waals surface area contributed by atoms with Crippen LogP contribution in [0.15, 0.2) is 60.7 Å². The number of hydrogen-bond acceptors (Lipinski definition) is 3. The highest BCUT2D eigenvalue weighted by molar-refractivity contribution is 6.32. The molecule has 0 spiro atoms.